The van der Waals surface area contributed by atoms with Crippen molar-refractivity contribution in [3.8, 4) is 0 Å². The topological polar surface area (TPSA) is 208 Å². The summed E-state index contributed by atoms with van der Waals surface area (Å²) < 4.78 is 65.4. The lowest BCUT2D eigenvalue weighted by Crippen LogP contribution is -2.21. The summed E-state index contributed by atoms with van der Waals surface area (Å²) in [6.45, 7) is 0. The minimum Gasteiger partial charge on any atom is -0.321 e. The van der Waals surface area contributed by atoms with E-state index in [9.17, 15) is 40.3 Å². The molecule has 6 rings (SSSR count). The quantitative estimate of drug-likeness (QED) is 0.0935. The summed E-state index contributed by atoms with van der Waals surface area (Å²) in [7, 11) is -8.93. The lowest BCUT2D eigenvalue weighted by Gasteiger charge is -2.14. The number of hydrogen-bond donors (Lipinski definition) is 6. The Morgan fingerprint density at radius 3 is 1.38 bits per heavy atom. The van der Waals surface area contributed by atoms with Crippen LogP contribution < -0.4 is 21.3 Å². The number of para-hydroxylation sites is 1. The highest BCUT2D eigenvalue weighted by Gasteiger charge is 2.18. The lowest BCUT2D eigenvalue weighted by molar-refractivity contribution is 0.102. The summed E-state index contributed by atoms with van der Waals surface area (Å²) in [5.74, 6) is -1.33. The van der Waals surface area contributed by atoms with Gasteiger partial charge < -0.3 is 21.3 Å². The van der Waals surface area contributed by atoms with Gasteiger partial charge in [-0.1, -0.05) is 54.6 Å². The van der Waals surface area contributed by atoms with E-state index in [1.807, 2.05) is 0 Å². The third-order valence-corrected chi connectivity index (χ3v) is 9.24. The number of rotatable bonds is 8. The van der Waals surface area contributed by atoms with Crippen molar-refractivity contribution in [1.82, 2.24) is 0 Å². The molecule has 15 heteroatoms. The number of carbonyl (C=O) groups excluding carboxylic acids is 3. The van der Waals surface area contributed by atoms with Crippen LogP contribution >= 0.6 is 0 Å². The average Bonchev–Trinajstić information content (AvgIpc) is 3.07. The highest BCUT2D eigenvalue weighted by Crippen LogP contribution is 2.29. The van der Waals surface area contributed by atoms with Crippen LogP contribution in [-0.4, -0.2) is 43.8 Å². The lowest BCUT2D eigenvalue weighted by atomic mass is 10.1. The fourth-order valence-corrected chi connectivity index (χ4v) is 6.26. The predicted molar refractivity (Wildman–Crippen MR) is 189 cm³/mol. The van der Waals surface area contributed by atoms with Gasteiger partial charge in [0.05, 0.1) is 9.79 Å². The average molecular weight is 711 g/mol. The number of carbonyl (C=O) groups is 3. The van der Waals surface area contributed by atoms with Crippen LogP contribution in [-0.2, 0) is 20.2 Å². The molecule has 0 radical (unpaired) electrons. The number of fused-ring (bicyclic) bond motifs is 2. The second kappa shape index (κ2) is 13.4. The SMILES string of the molecule is O=C(Nc1ccccc1)Nc1cc(C(=O)Nc2cccc3cc(S(=O)(=O)O)ccc23)cc(C(=O)Nc2cccc3cc(S(=O)(=O)O)ccc23)c1. The molecule has 0 aliphatic rings. The van der Waals surface area contributed by atoms with Crippen LogP contribution in [0.3, 0.4) is 0 Å². The van der Waals surface area contributed by atoms with Gasteiger partial charge in [-0.2, -0.15) is 16.8 Å². The van der Waals surface area contributed by atoms with Gasteiger partial charge in [-0.15, -0.1) is 0 Å². The van der Waals surface area contributed by atoms with Crippen LogP contribution in [0.2, 0.25) is 0 Å². The Morgan fingerprint density at radius 2 is 0.920 bits per heavy atom. The monoisotopic (exact) mass is 710 g/mol. The van der Waals surface area contributed by atoms with Crippen molar-refractivity contribution in [3.63, 3.8) is 0 Å². The first kappa shape index (κ1) is 33.8. The third kappa shape index (κ3) is 7.61. The summed E-state index contributed by atoms with van der Waals surface area (Å²) in [6, 6.07) is 29.3. The number of amides is 4. The first-order valence-electron chi connectivity index (χ1n) is 14.7. The molecule has 0 saturated carbocycles. The fourth-order valence-electron chi connectivity index (χ4n) is 5.23. The van der Waals surface area contributed by atoms with Crippen molar-refractivity contribution >= 4 is 82.4 Å². The molecule has 252 valence electrons. The summed E-state index contributed by atoms with van der Waals surface area (Å²) in [5.41, 5.74) is 1.17. The number of anilines is 4. The number of benzene rings is 6. The summed E-state index contributed by atoms with van der Waals surface area (Å²) in [4.78, 5) is 39.5. The van der Waals surface area contributed by atoms with E-state index in [1.54, 1.807) is 66.7 Å². The molecule has 0 bridgehead atoms. The maximum Gasteiger partial charge on any atom is 0.323 e. The molecular weight excluding hydrogens is 685 g/mol. The zero-order valence-corrected chi connectivity index (χ0v) is 27.2. The van der Waals surface area contributed by atoms with E-state index in [4.69, 9.17) is 0 Å². The number of nitrogens with one attached hydrogen (secondary N) is 4. The molecule has 0 atom stereocenters. The van der Waals surface area contributed by atoms with Gasteiger partial charge in [0.2, 0.25) is 0 Å². The first-order valence-corrected chi connectivity index (χ1v) is 17.5. The maximum atomic E-state index is 13.7. The molecule has 0 aliphatic heterocycles. The summed E-state index contributed by atoms with van der Waals surface area (Å²) in [5, 5.41) is 12.6. The van der Waals surface area contributed by atoms with Gasteiger partial charge in [-0.25, -0.2) is 4.79 Å². The zero-order valence-electron chi connectivity index (χ0n) is 25.6. The van der Waals surface area contributed by atoms with E-state index in [1.165, 1.54) is 54.6 Å². The largest absolute Gasteiger partial charge is 0.323 e. The molecule has 6 N–H and O–H groups in total. The summed E-state index contributed by atoms with van der Waals surface area (Å²) in [6.07, 6.45) is 0. The number of hydrogen-bond acceptors (Lipinski definition) is 7. The molecule has 13 nitrogen and oxygen atoms in total. The van der Waals surface area contributed by atoms with Crippen LogP contribution in [0, 0.1) is 0 Å². The molecule has 0 fully saturated rings. The number of urea groups is 1. The molecule has 0 saturated heterocycles. The van der Waals surface area contributed by atoms with Crippen LogP contribution in [0.1, 0.15) is 20.7 Å². The molecular formula is C35H26N4O9S2. The molecule has 0 heterocycles. The fraction of sp³-hybridized carbons (Fsp3) is 0. The van der Waals surface area contributed by atoms with Crippen molar-refractivity contribution in [3.05, 3.63) is 132 Å². The zero-order chi connectivity index (χ0) is 35.6. The Labute approximate surface area is 285 Å². The smallest absolute Gasteiger partial charge is 0.321 e. The molecule has 0 unspecified atom stereocenters. The molecule has 0 aromatic heterocycles. The minimum absolute atomic E-state index is 0.0186. The highest BCUT2D eigenvalue weighted by atomic mass is 32.2. The molecule has 6 aromatic rings. The third-order valence-electron chi connectivity index (χ3n) is 7.54. The van der Waals surface area contributed by atoms with Crippen molar-refractivity contribution in [2.75, 3.05) is 21.3 Å². The van der Waals surface area contributed by atoms with Crippen LogP contribution in [0.25, 0.3) is 21.5 Å². The van der Waals surface area contributed by atoms with Gasteiger partial charge in [0.25, 0.3) is 32.1 Å². The van der Waals surface area contributed by atoms with Gasteiger partial charge in [0.15, 0.2) is 0 Å². The minimum atomic E-state index is -4.46. The van der Waals surface area contributed by atoms with Crippen molar-refractivity contribution in [2.24, 2.45) is 0 Å². The van der Waals surface area contributed by atoms with E-state index in [0.29, 0.717) is 38.6 Å². The van der Waals surface area contributed by atoms with Crippen LogP contribution in [0.15, 0.2) is 131 Å². The Morgan fingerprint density at radius 1 is 0.460 bits per heavy atom. The Balaban J connectivity index is 1.34. The van der Waals surface area contributed by atoms with Crippen molar-refractivity contribution in [1.29, 1.82) is 0 Å². The molecule has 0 spiro atoms. The Bertz CT molecular complexity index is 2410. The normalized spacial score (nSPS) is 11.6. The molecule has 0 aliphatic carbocycles. The van der Waals surface area contributed by atoms with E-state index in [0.717, 1.165) is 0 Å². The van der Waals surface area contributed by atoms with Crippen molar-refractivity contribution < 1.29 is 40.3 Å². The first-order chi connectivity index (χ1) is 23.7. The summed E-state index contributed by atoms with van der Waals surface area (Å²) >= 11 is 0. The highest BCUT2D eigenvalue weighted by molar-refractivity contribution is 7.86. The van der Waals surface area contributed by atoms with Crippen molar-refractivity contribution in [2.45, 2.75) is 9.79 Å². The maximum absolute atomic E-state index is 13.7. The molecule has 4 amide bonds. The van der Waals surface area contributed by atoms with Gasteiger partial charge in [-0.05, 0) is 77.5 Å². The van der Waals surface area contributed by atoms with Gasteiger partial charge in [-0.3, -0.25) is 18.7 Å². The van der Waals surface area contributed by atoms with Gasteiger partial charge in [0.1, 0.15) is 0 Å². The van der Waals surface area contributed by atoms with Gasteiger partial charge >= 0.3 is 6.03 Å². The second-order valence-electron chi connectivity index (χ2n) is 11.0. The predicted octanol–water partition coefficient (Wildman–Crippen LogP) is 6.64. The van der Waals surface area contributed by atoms with E-state index >= 15 is 0 Å². The van der Waals surface area contributed by atoms with Crippen LogP contribution in [0.4, 0.5) is 27.5 Å². The Hall–Kier alpha value is -6.13. The van der Waals surface area contributed by atoms with Crippen LogP contribution in [0.5, 0.6) is 0 Å². The van der Waals surface area contributed by atoms with E-state index in [-0.39, 0.29) is 26.6 Å². The molecule has 50 heavy (non-hydrogen) atoms. The van der Waals surface area contributed by atoms with E-state index in [2.05, 4.69) is 21.3 Å². The second-order valence-corrected chi connectivity index (χ2v) is 13.8. The molecule has 6 aromatic carbocycles. The van der Waals surface area contributed by atoms with Gasteiger partial charge in [0, 0.05) is 44.6 Å². The standard InChI is InChI=1S/C35H26N4O9S2/c40-33(38-31-10-4-6-21-19-27(49(43,44)45)12-14-29(21)31)23-16-24(18-26(17-23)37-35(42)36-25-8-2-1-3-9-25)34(41)39-32-11-5-7-22-20-28(50(46,47)48)13-15-30(22)32/h1-20H,(H,38,40)(H,39,41)(H2,36,37,42)(H,43,44,45)(H,46,47,48). The van der Waals surface area contributed by atoms with E-state index < -0.39 is 38.1 Å². The Kier molecular flexibility index (Phi) is 9.05.